The van der Waals surface area contributed by atoms with Crippen LogP contribution in [0.25, 0.3) is 0 Å². The van der Waals surface area contributed by atoms with Gasteiger partial charge in [-0.1, -0.05) is 18.2 Å². The maximum absolute atomic E-state index is 11.8. The van der Waals surface area contributed by atoms with Gasteiger partial charge in [0.25, 0.3) is 5.91 Å². The monoisotopic (exact) mass is 246 g/mol. The first kappa shape index (κ1) is 12.6. The van der Waals surface area contributed by atoms with E-state index in [9.17, 15) is 4.79 Å². The maximum atomic E-state index is 11.8. The van der Waals surface area contributed by atoms with Gasteiger partial charge in [0.15, 0.2) is 0 Å². The molecular formula is C14H18N2O2. The number of carbonyl (C=O) groups is 1. The third kappa shape index (κ3) is 2.88. The fourth-order valence-corrected chi connectivity index (χ4v) is 1.81. The van der Waals surface area contributed by atoms with Crippen molar-refractivity contribution in [2.45, 2.75) is 20.3 Å². The van der Waals surface area contributed by atoms with Gasteiger partial charge in [0.05, 0.1) is 12.5 Å². The smallest absolute Gasteiger partial charge is 0.251 e. The Balaban J connectivity index is 1.72. The van der Waals surface area contributed by atoms with Crippen molar-refractivity contribution in [1.29, 1.82) is 0 Å². The topological polar surface area (TPSA) is 41.9 Å². The predicted molar refractivity (Wildman–Crippen MR) is 70.5 cm³/mol. The van der Waals surface area contributed by atoms with Gasteiger partial charge < -0.3 is 4.74 Å². The number of hydrazone groups is 1. The molecule has 0 bridgehead atoms. The molecule has 0 fully saturated rings. The van der Waals surface area contributed by atoms with Gasteiger partial charge in [-0.2, -0.15) is 5.10 Å². The lowest BCUT2D eigenvalue weighted by Crippen LogP contribution is -2.27. The predicted octanol–water partition coefficient (Wildman–Crippen LogP) is 2.31. The van der Waals surface area contributed by atoms with Gasteiger partial charge in [-0.05, 0) is 26.0 Å². The molecule has 1 heterocycles. The number of ether oxygens (including phenoxy) is 1. The van der Waals surface area contributed by atoms with Crippen LogP contribution in [0, 0.1) is 5.92 Å². The second kappa shape index (κ2) is 5.67. The molecule has 1 aromatic carbocycles. The zero-order valence-corrected chi connectivity index (χ0v) is 10.8. The Kier molecular flexibility index (Phi) is 3.97. The quantitative estimate of drug-likeness (QED) is 0.748. The Morgan fingerprint density at radius 2 is 2.06 bits per heavy atom. The minimum atomic E-state index is -0.0694. The Labute approximate surface area is 107 Å². The number of rotatable bonds is 5. The summed E-state index contributed by atoms with van der Waals surface area (Å²) >= 11 is 0. The van der Waals surface area contributed by atoms with Crippen LogP contribution in [0.15, 0.2) is 35.4 Å². The van der Waals surface area contributed by atoms with Gasteiger partial charge in [0.1, 0.15) is 5.75 Å². The maximum Gasteiger partial charge on any atom is 0.251 e. The van der Waals surface area contributed by atoms with Gasteiger partial charge in [-0.3, -0.25) is 4.79 Å². The van der Waals surface area contributed by atoms with Crippen LogP contribution < -0.4 is 4.74 Å². The number of amides is 1. The third-order valence-electron chi connectivity index (χ3n) is 3.06. The number of hydrogen-bond acceptors (Lipinski definition) is 3. The first-order valence-electron chi connectivity index (χ1n) is 6.23. The van der Waals surface area contributed by atoms with Crippen LogP contribution >= 0.6 is 0 Å². The van der Waals surface area contributed by atoms with Gasteiger partial charge in [-0.15, -0.1) is 0 Å². The second-order valence-corrected chi connectivity index (χ2v) is 4.44. The van der Waals surface area contributed by atoms with Crippen molar-refractivity contribution in [1.82, 2.24) is 5.01 Å². The largest absolute Gasteiger partial charge is 0.494 e. The number of carbonyl (C=O) groups excluding carboxylic acids is 1. The molecule has 4 heteroatoms. The van der Waals surface area contributed by atoms with Gasteiger partial charge >= 0.3 is 0 Å². The Bertz CT molecular complexity index is 442. The van der Waals surface area contributed by atoms with Crippen molar-refractivity contribution < 1.29 is 9.53 Å². The minimum absolute atomic E-state index is 0.0694. The molecule has 0 aromatic heterocycles. The van der Waals surface area contributed by atoms with E-state index in [1.165, 1.54) is 0 Å². The molecule has 0 N–H and O–H groups in total. The number of hydrogen-bond donors (Lipinski definition) is 0. The van der Waals surface area contributed by atoms with E-state index in [4.69, 9.17) is 4.74 Å². The highest BCUT2D eigenvalue weighted by Gasteiger charge is 2.28. The summed E-state index contributed by atoms with van der Waals surface area (Å²) in [6.45, 7) is 4.99. The zero-order chi connectivity index (χ0) is 13.0. The summed E-state index contributed by atoms with van der Waals surface area (Å²) in [4.78, 5) is 11.8. The van der Waals surface area contributed by atoms with Crippen molar-refractivity contribution >= 4 is 11.6 Å². The minimum Gasteiger partial charge on any atom is -0.494 e. The van der Waals surface area contributed by atoms with Crippen LogP contribution in [0.2, 0.25) is 0 Å². The summed E-state index contributed by atoms with van der Waals surface area (Å²) in [7, 11) is 0. The van der Waals surface area contributed by atoms with Crippen molar-refractivity contribution in [3.8, 4) is 5.75 Å². The first-order valence-corrected chi connectivity index (χ1v) is 6.23. The van der Waals surface area contributed by atoms with E-state index in [1.54, 1.807) is 5.01 Å². The fraction of sp³-hybridized carbons (Fsp3) is 0.429. The summed E-state index contributed by atoms with van der Waals surface area (Å²) in [5, 5.41) is 5.79. The summed E-state index contributed by atoms with van der Waals surface area (Å²) in [6, 6.07) is 9.68. The van der Waals surface area contributed by atoms with Crippen LogP contribution in [-0.2, 0) is 4.79 Å². The molecule has 1 aliphatic rings. The van der Waals surface area contributed by atoms with E-state index in [0.29, 0.717) is 13.2 Å². The van der Waals surface area contributed by atoms with Crippen molar-refractivity contribution in [3.63, 3.8) is 0 Å². The molecule has 0 spiro atoms. The van der Waals surface area contributed by atoms with E-state index >= 15 is 0 Å². The molecule has 1 atom stereocenters. The lowest BCUT2D eigenvalue weighted by molar-refractivity contribution is -0.131. The molecule has 1 aromatic rings. The first-order chi connectivity index (χ1) is 8.68. The summed E-state index contributed by atoms with van der Waals surface area (Å²) in [5.41, 5.74) is 0.893. The van der Waals surface area contributed by atoms with E-state index < -0.39 is 0 Å². The molecule has 1 amide bonds. The number of benzene rings is 1. The van der Waals surface area contributed by atoms with Crippen molar-refractivity contribution in [2.75, 3.05) is 13.2 Å². The second-order valence-electron chi connectivity index (χ2n) is 4.44. The highest BCUT2D eigenvalue weighted by Crippen LogP contribution is 2.15. The SMILES string of the molecule is CC1=NN(CCCOc2ccccc2)C(=O)C1C. The summed E-state index contributed by atoms with van der Waals surface area (Å²) in [5.74, 6) is 0.880. The summed E-state index contributed by atoms with van der Waals surface area (Å²) < 4.78 is 5.57. The molecule has 1 aliphatic heterocycles. The third-order valence-corrected chi connectivity index (χ3v) is 3.06. The van der Waals surface area contributed by atoms with Crippen LogP contribution in [0.3, 0.4) is 0 Å². The van der Waals surface area contributed by atoms with Crippen molar-refractivity contribution in [2.24, 2.45) is 11.0 Å². The van der Waals surface area contributed by atoms with Gasteiger partial charge in [0.2, 0.25) is 0 Å². The number of nitrogens with zero attached hydrogens (tertiary/aromatic N) is 2. The van der Waals surface area contributed by atoms with Crippen LogP contribution in [0.1, 0.15) is 20.3 Å². The molecule has 18 heavy (non-hydrogen) atoms. The molecule has 0 saturated heterocycles. The Morgan fingerprint density at radius 1 is 1.33 bits per heavy atom. The van der Waals surface area contributed by atoms with E-state index in [-0.39, 0.29) is 11.8 Å². The number of para-hydroxylation sites is 1. The van der Waals surface area contributed by atoms with Gasteiger partial charge in [0, 0.05) is 18.7 Å². The van der Waals surface area contributed by atoms with Gasteiger partial charge in [-0.25, -0.2) is 5.01 Å². The molecule has 0 aliphatic carbocycles. The Hall–Kier alpha value is -1.84. The van der Waals surface area contributed by atoms with Crippen LogP contribution in [0.5, 0.6) is 5.75 Å². The normalized spacial score (nSPS) is 19.0. The lowest BCUT2D eigenvalue weighted by atomic mass is 10.1. The molecule has 2 rings (SSSR count). The zero-order valence-electron chi connectivity index (χ0n) is 10.8. The molecular weight excluding hydrogens is 228 g/mol. The van der Waals surface area contributed by atoms with E-state index in [1.807, 2.05) is 44.2 Å². The Morgan fingerprint density at radius 3 is 2.67 bits per heavy atom. The van der Waals surface area contributed by atoms with E-state index in [0.717, 1.165) is 17.9 Å². The average Bonchev–Trinajstić information content (AvgIpc) is 2.64. The summed E-state index contributed by atoms with van der Waals surface area (Å²) in [6.07, 6.45) is 0.782. The average molecular weight is 246 g/mol. The molecule has 0 radical (unpaired) electrons. The fourth-order valence-electron chi connectivity index (χ4n) is 1.81. The highest BCUT2D eigenvalue weighted by molar-refractivity contribution is 6.06. The standard InChI is InChI=1S/C14H18N2O2/c1-11-12(2)15-16(14(11)17)9-6-10-18-13-7-4-3-5-8-13/h3-5,7-8,11H,6,9-10H2,1-2H3. The van der Waals surface area contributed by atoms with Crippen LogP contribution in [-0.4, -0.2) is 29.8 Å². The van der Waals surface area contributed by atoms with Crippen LogP contribution in [0.4, 0.5) is 0 Å². The lowest BCUT2D eigenvalue weighted by Gasteiger charge is -2.13. The highest BCUT2D eigenvalue weighted by atomic mass is 16.5. The molecule has 96 valence electrons. The van der Waals surface area contributed by atoms with E-state index in [2.05, 4.69) is 5.10 Å². The molecule has 1 unspecified atom stereocenters. The van der Waals surface area contributed by atoms with Crippen molar-refractivity contribution in [3.05, 3.63) is 30.3 Å². The molecule has 4 nitrogen and oxygen atoms in total. The molecule has 0 saturated carbocycles.